The zero-order chi connectivity index (χ0) is 16.0. The van der Waals surface area contributed by atoms with Crippen molar-refractivity contribution in [3.8, 4) is 0 Å². The van der Waals surface area contributed by atoms with Crippen LogP contribution < -0.4 is 5.56 Å². The third-order valence-electron chi connectivity index (χ3n) is 5.22. The van der Waals surface area contributed by atoms with Crippen LogP contribution in [-0.2, 0) is 11.3 Å². The highest BCUT2D eigenvalue weighted by molar-refractivity contribution is 5.80. The number of likely N-dealkylation sites (tertiary alicyclic amines) is 1. The molecular formula is C18H21N3O2. The summed E-state index contributed by atoms with van der Waals surface area (Å²) in [4.78, 5) is 26.9. The molecule has 4 heterocycles. The molecule has 1 saturated heterocycles. The number of amides is 1. The maximum absolute atomic E-state index is 12.8. The Kier molecular flexibility index (Phi) is 3.36. The van der Waals surface area contributed by atoms with E-state index in [1.54, 1.807) is 6.07 Å². The molecule has 2 aromatic rings. The fourth-order valence-corrected chi connectivity index (χ4v) is 4.07. The summed E-state index contributed by atoms with van der Waals surface area (Å²) in [6.45, 7) is 4.14. The Hall–Kier alpha value is -2.30. The van der Waals surface area contributed by atoms with E-state index < -0.39 is 0 Å². The Morgan fingerprint density at radius 1 is 1.13 bits per heavy atom. The molecule has 0 aliphatic carbocycles. The largest absolute Gasteiger partial charge is 0.342 e. The summed E-state index contributed by atoms with van der Waals surface area (Å²) in [5.74, 6) is 0.821. The van der Waals surface area contributed by atoms with Crippen LogP contribution in [0.2, 0.25) is 0 Å². The molecule has 5 heteroatoms. The topological polar surface area (TPSA) is 47.2 Å². The third kappa shape index (κ3) is 2.40. The lowest BCUT2D eigenvalue weighted by atomic mass is 9.83. The van der Waals surface area contributed by atoms with Crippen LogP contribution in [0.15, 0.2) is 47.5 Å². The maximum Gasteiger partial charge on any atom is 0.250 e. The molecule has 4 rings (SSSR count). The van der Waals surface area contributed by atoms with Gasteiger partial charge in [-0.05, 0) is 37.5 Å². The van der Waals surface area contributed by atoms with Crippen molar-refractivity contribution in [2.24, 2.45) is 5.92 Å². The van der Waals surface area contributed by atoms with Crippen molar-refractivity contribution in [1.82, 2.24) is 14.0 Å². The lowest BCUT2D eigenvalue weighted by molar-refractivity contribution is -0.137. The summed E-state index contributed by atoms with van der Waals surface area (Å²) >= 11 is 0. The molecule has 0 spiro atoms. The van der Waals surface area contributed by atoms with Gasteiger partial charge in [0.05, 0.1) is 0 Å². The molecule has 120 valence electrons. The number of fused-ring (bicyclic) bond motifs is 4. The summed E-state index contributed by atoms with van der Waals surface area (Å²) < 4.78 is 3.85. The van der Waals surface area contributed by atoms with Crippen LogP contribution in [0.3, 0.4) is 0 Å². The highest BCUT2D eigenvalue weighted by Gasteiger charge is 2.37. The van der Waals surface area contributed by atoms with Crippen LogP contribution in [0.5, 0.6) is 0 Å². The summed E-state index contributed by atoms with van der Waals surface area (Å²) in [7, 11) is 0. The number of hydrogen-bond acceptors (Lipinski definition) is 2. The van der Waals surface area contributed by atoms with Crippen molar-refractivity contribution in [3.05, 3.63) is 58.8 Å². The van der Waals surface area contributed by atoms with Gasteiger partial charge in [-0.25, -0.2) is 0 Å². The van der Waals surface area contributed by atoms with Gasteiger partial charge in [0.25, 0.3) is 5.56 Å². The molecule has 1 amide bonds. The summed E-state index contributed by atoms with van der Waals surface area (Å²) in [5, 5.41) is 0. The number of carbonyl (C=O) groups is 1. The molecule has 0 radical (unpaired) electrons. The van der Waals surface area contributed by atoms with E-state index in [1.807, 2.05) is 57.6 Å². The molecule has 1 fully saturated rings. The van der Waals surface area contributed by atoms with E-state index in [1.165, 1.54) is 0 Å². The quantitative estimate of drug-likeness (QED) is 0.850. The monoisotopic (exact) mass is 311 g/mol. The molecule has 0 unspecified atom stereocenters. The number of rotatable bonds is 2. The van der Waals surface area contributed by atoms with Gasteiger partial charge in [0.1, 0.15) is 6.04 Å². The van der Waals surface area contributed by atoms with Gasteiger partial charge >= 0.3 is 0 Å². The van der Waals surface area contributed by atoms with E-state index in [0.29, 0.717) is 12.5 Å². The average molecular weight is 311 g/mol. The van der Waals surface area contributed by atoms with Crippen LogP contribution >= 0.6 is 0 Å². The highest BCUT2D eigenvalue weighted by atomic mass is 16.2. The first-order chi connectivity index (χ1) is 11.1. The van der Waals surface area contributed by atoms with Gasteiger partial charge in [-0.2, -0.15) is 0 Å². The summed E-state index contributed by atoms with van der Waals surface area (Å²) in [6.07, 6.45) is 4.94. The molecule has 5 nitrogen and oxygen atoms in total. The summed E-state index contributed by atoms with van der Waals surface area (Å²) in [5.41, 5.74) is 1.16. The molecular weight excluding hydrogens is 290 g/mol. The van der Waals surface area contributed by atoms with E-state index in [0.717, 1.165) is 25.2 Å². The van der Waals surface area contributed by atoms with Crippen molar-refractivity contribution < 1.29 is 4.79 Å². The van der Waals surface area contributed by atoms with Gasteiger partial charge in [0.2, 0.25) is 5.91 Å². The molecule has 23 heavy (non-hydrogen) atoms. The van der Waals surface area contributed by atoms with Gasteiger partial charge in [0.15, 0.2) is 0 Å². The van der Waals surface area contributed by atoms with E-state index in [9.17, 15) is 9.59 Å². The first-order valence-corrected chi connectivity index (χ1v) is 8.24. The lowest BCUT2D eigenvalue weighted by Gasteiger charge is -2.43. The second-order valence-electron chi connectivity index (χ2n) is 6.75. The molecule has 2 aliphatic rings. The Bertz CT molecular complexity index is 778. The Labute approximate surface area is 135 Å². The van der Waals surface area contributed by atoms with Crippen LogP contribution in [0.1, 0.15) is 31.0 Å². The SMILES string of the molecule is C[C@@H](C(=O)N1C[C@@H]2C[C@H](C1)c1cccc(=O)n1C2)n1cccc1. The van der Waals surface area contributed by atoms with Crippen molar-refractivity contribution >= 4 is 5.91 Å². The van der Waals surface area contributed by atoms with Gasteiger partial charge in [-0.15, -0.1) is 0 Å². The average Bonchev–Trinajstić information content (AvgIpc) is 3.09. The molecule has 2 aromatic heterocycles. The van der Waals surface area contributed by atoms with Crippen LogP contribution in [0.4, 0.5) is 0 Å². The molecule has 2 bridgehead atoms. The number of pyridine rings is 1. The van der Waals surface area contributed by atoms with Crippen molar-refractivity contribution in [3.63, 3.8) is 0 Å². The van der Waals surface area contributed by atoms with Gasteiger partial charge in [0, 0.05) is 49.7 Å². The molecule has 0 aromatic carbocycles. The second kappa shape index (κ2) is 5.41. The molecule has 0 N–H and O–H groups in total. The minimum absolute atomic E-state index is 0.0812. The lowest BCUT2D eigenvalue weighted by Crippen LogP contribution is -2.50. The van der Waals surface area contributed by atoms with Crippen molar-refractivity contribution in [2.75, 3.05) is 13.1 Å². The smallest absolute Gasteiger partial charge is 0.250 e. The van der Waals surface area contributed by atoms with Crippen LogP contribution in [-0.4, -0.2) is 33.0 Å². The first kappa shape index (κ1) is 14.3. The van der Waals surface area contributed by atoms with Crippen molar-refractivity contribution in [1.29, 1.82) is 0 Å². The zero-order valence-corrected chi connectivity index (χ0v) is 13.3. The number of piperidine rings is 1. The minimum atomic E-state index is -0.179. The first-order valence-electron chi connectivity index (χ1n) is 8.24. The third-order valence-corrected chi connectivity index (χ3v) is 5.22. The fraction of sp³-hybridized carbons (Fsp3) is 0.444. The van der Waals surface area contributed by atoms with E-state index >= 15 is 0 Å². The van der Waals surface area contributed by atoms with E-state index in [4.69, 9.17) is 0 Å². The maximum atomic E-state index is 12.8. The second-order valence-corrected chi connectivity index (χ2v) is 6.75. The summed E-state index contributed by atoms with van der Waals surface area (Å²) in [6, 6.07) is 9.20. The minimum Gasteiger partial charge on any atom is -0.342 e. The zero-order valence-electron chi connectivity index (χ0n) is 13.3. The Morgan fingerprint density at radius 3 is 2.70 bits per heavy atom. The van der Waals surface area contributed by atoms with E-state index in [2.05, 4.69) is 0 Å². The molecule has 2 aliphatic heterocycles. The predicted octanol–water partition coefficient (Wildman–Crippen LogP) is 1.86. The number of nitrogens with zero attached hydrogens (tertiary/aromatic N) is 3. The Morgan fingerprint density at radius 2 is 1.91 bits per heavy atom. The van der Waals surface area contributed by atoms with Gasteiger partial charge in [-0.1, -0.05) is 6.07 Å². The fourth-order valence-electron chi connectivity index (χ4n) is 4.07. The van der Waals surface area contributed by atoms with Crippen LogP contribution in [0, 0.1) is 5.92 Å². The van der Waals surface area contributed by atoms with Gasteiger partial charge in [-0.3, -0.25) is 9.59 Å². The highest BCUT2D eigenvalue weighted by Crippen LogP contribution is 2.35. The van der Waals surface area contributed by atoms with Crippen molar-refractivity contribution in [2.45, 2.75) is 31.8 Å². The van der Waals surface area contributed by atoms with Gasteiger partial charge < -0.3 is 14.0 Å². The number of carbonyl (C=O) groups excluding carboxylic acids is 1. The van der Waals surface area contributed by atoms with E-state index in [-0.39, 0.29) is 23.4 Å². The number of hydrogen-bond donors (Lipinski definition) is 0. The molecule has 3 atom stereocenters. The normalized spacial score (nSPS) is 24.1. The predicted molar refractivity (Wildman–Crippen MR) is 87.3 cm³/mol. The number of aromatic nitrogens is 2. The Balaban J connectivity index is 1.59. The van der Waals surface area contributed by atoms with Crippen LogP contribution in [0.25, 0.3) is 0 Å². The standard InChI is InChI=1S/C18H21N3O2/c1-13(19-7-2-3-8-19)18(23)20-10-14-9-15(12-20)16-5-4-6-17(22)21(16)11-14/h2-8,13-15H,9-12H2,1H3/t13-,14-,15+/m0/s1. The molecule has 0 saturated carbocycles.